The molecule has 0 spiro atoms. The van der Waals surface area contributed by atoms with Crippen molar-refractivity contribution < 1.29 is 9.84 Å². The van der Waals surface area contributed by atoms with E-state index >= 15 is 0 Å². The minimum absolute atomic E-state index is 0.0642. The van der Waals surface area contributed by atoms with E-state index in [2.05, 4.69) is 34.0 Å². The summed E-state index contributed by atoms with van der Waals surface area (Å²) in [6.45, 7) is 3.27. The normalized spacial score (nSPS) is 34.5. The molecule has 1 aliphatic heterocycles. The van der Waals surface area contributed by atoms with E-state index in [9.17, 15) is 5.11 Å². The molecule has 3 nitrogen and oxygen atoms in total. The van der Waals surface area contributed by atoms with E-state index in [0.717, 1.165) is 6.42 Å². The van der Waals surface area contributed by atoms with E-state index in [-0.39, 0.29) is 6.10 Å². The first-order chi connectivity index (χ1) is 9.08. The van der Waals surface area contributed by atoms with E-state index < -0.39 is 5.60 Å². The summed E-state index contributed by atoms with van der Waals surface area (Å²) in [5.74, 6) is 0. The lowest BCUT2D eigenvalue weighted by Gasteiger charge is -2.31. The SMILES string of the molecule is CC1OCCC1(O)CNC1CCCc2sc(I)cc21. The third kappa shape index (κ3) is 2.85. The van der Waals surface area contributed by atoms with Crippen molar-refractivity contribution in [3.63, 3.8) is 0 Å². The molecule has 0 amide bonds. The van der Waals surface area contributed by atoms with Gasteiger partial charge in [0.25, 0.3) is 0 Å². The number of nitrogens with one attached hydrogen (secondary N) is 1. The molecule has 1 aromatic rings. The first-order valence-corrected chi connectivity index (χ1v) is 8.83. The third-order valence-corrected chi connectivity index (χ3v) is 6.37. The molecule has 0 saturated carbocycles. The fourth-order valence-electron chi connectivity index (χ4n) is 3.04. The van der Waals surface area contributed by atoms with Crippen LogP contribution in [0.4, 0.5) is 0 Å². The van der Waals surface area contributed by atoms with Crippen molar-refractivity contribution in [2.75, 3.05) is 13.2 Å². The predicted molar refractivity (Wildman–Crippen MR) is 85.7 cm³/mol. The fraction of sp³-hybridized carbons (Fsp3) is 0.714. The summed E-state index contributed by atoms with van der Waals surface area (Å²) < 4.78 is 6.86. The maximum atomic E-state index is 10.6. The highest BCUT2D eigenvalue weighted by molar-refractivity contribution is 14.1. The molecule has 2 heterocycles. The van der Waals surface area contributed by atoms with Gasteiger partial charge in [0.15, 0.2) is 0 Å². The lowest BCUT2D eigenvalue weighted by molar-refractivity contribution is -0.0279. The van der Waals surface area contributed by atoms with Crippen LogP contribution in [0.2, 0.25) is 0 Å². The lowest BCUT2D eigenvalue weighted by atomic mass is 9.91. The van der Waals surface area contributed by atoms with Gasteiger partial charge < -0.3 is 15.2 Å². The molecule has 19 heavy (non-hydrogen) atoms. The first kappa shape index (κ1) is 14.3. The van der Waals surface area contributed by atoms with Crippen LogP contribution in [0.3, 0.4) is 0 Å². The van der Waals surface area contributed by atoms with Gasteiger partial charge in [0, 0.05) is 30.5 Å². The number of fused-ring (bicyclic) bond motifs is 1. The second-order valence-electron chi connectivity index (χ2n) is 5.62. The van der Waals surface area contributed by atoms with Gasteiger partial charge in [-0.1, -0.05) is 0 Å². The molecule has 0 aromatic carbocycles. The molecule has 3 atom stereocenters. The minimum atomic E-state index is -0.694. The van der Waals surface area contributed by atoms with Crippen LogP contribution >= 0.6 is 33.9 Å². The van der Waals surface area contributed by atoms with E-state index in [1.807, 2.05) is 18.3 Å². The maximum absolute atomic E-state index is 10.6. The molecule has 2 aliphatic rings. The molecule has 3 unspecified atom stereocenters. The van der Waals surface area contributed by atoms with Crippen molar-refractivity contribution in [2.45, 2.75) is 50.4 Å². The smallest absolute Gasteiger partial charge is 0.105 e. The van der Waals surface area contributed by atoms with E-state index in [1.165, 1.54) is 32.6 Å². The number of thiophene rings is 1. The molecule has 2 N–H and O–H groups in total. The van der Waals surface area contributed by atoms with Gasteiger partial charge in [-0.2, -0.15) is 0 Å². The summed E-state index contributed by atoms with van der Waals surface area (Å²) in [6, 6.07) is 2.70. The zero-order valence-corrected chi connectivity index (χ0v) is 14.1. The molecule has 0 bridgehead atoms. The molecular weight excluding hydrogens is 373 g/mol. The van der Waals surface area contributed by atoms with Crippen molar-refractivity contribution in [1.29, 1.82) is 0 Å². The Hall–Kier alpha value is 0.310. The van der Waals surface area contributed by atoms with Crippen LogP contribution in [-0.4, -0.2) is 30.0 Å². The number of aliphatic hydroxyl groups is 1. The van der Waals surface area contributed by atoms with Crippen LogP contribution in [0.15, 0.2) is 6.07 Å². The quantitative estimate of drug-likeness (QED) is 0.777. The zero-order chi connectivity index (χ0) is 13.5. The second-order valence-corrected chi connectivity index (χ2v) is 8.65. The summed E-state index contributed by atoms with van der Waals surface area (Å²) in [4.78, 5) is 1.52. The van der Waals surface area contributed by atoms with E-state index in [0.29, 0.717) is 19.2 Å². The van der Waals surface area contributed by atoms with Crippen LogP contribution < -0.4 is 5.32 Å². The maximum Gasteiger partial charge on any atom is 0.105 e. The van der Waals surface area contributed by atoms with Crippen LogP contribution in [0, 0.1) is 2.88 Å². The fourth-order valence-corrected chi connectivity index (χ4v) is 5.16. The molecule has 1 saturated heterocycles. The number of aryl methyl sites for hydroxylation is 1. The highest BCUT2D eigenvalue weighted by Crippen LogP contribution is 2.37. The van der Waals surface area contributed by atoms with Crippen LogP contribution in [0.1, 0.15) is 42.7 Å². The van der Waals surface area contributed by atoms with Gasteiger partial charge in [-0.25, -0.2) is 0 Å². The van der Waals surface area contributed by atoms with Crippen molar-refractivity contribution in [3.8, 4) is 0 Å². The Balaban J connectivity index is 1.68. The largest absolute Gasteiger partial charge is 0.386 e. The Morgan fingerprint density at radius 3 is 3.21 bits per heavy atom. The summed E-state index contributed by atoms with van der Waals surface area (Å²) in [5, 5.41) is 14.1. The van der Waals surface area contributed by atoms with Gasteiger partial charge in [-0.3, -0.25) is 0 Å². The molecule has 5 heteroatoms. The molecule has 0 radical (unpaired) electrons. The molecule has 1 aliphatic carbocycles. The zero-order valence-electron chi connectivity index (χ0n) is 11.1. The lowest BCUT2D eigenvalue weighted by Crippen LogP contribution is -2.47. The summed E-state index contributed by atoms with van der Waals surface area (Å²) >= 11 is 4.32. The second kappa shape index (κ2) is 5.60. The summed E-state index contributed by atoms with van der Waals surface area (Å²) in [6.07, 6.45) is 4.30. The molecule has 1 fully saturated rings. The monoisotopic (exact) mass is 393 g/mol. The summed E-state index contributed by atoms with van der Waals surface area (Å²) in [7, 11) is 0. The number of hydrogen-bond acceptors (Lipinski definition) is 4. The number of ether oxygens (including phenoxy) is 1. The van der Waals surface area contributed by atoms with Crippen molar-refractivity contribution in [3.05, 3.63) is 19.4 Å². The number of hydrogen-bond donors (Lipinski definition) is 2. The highest BCUT2D eigenvalue weighted by Gasteiger charge is 2.40. The number of halogens is 1. The van der Waals surface area contributed by atoms with Gasteiger partial charge in [-0.15, -0.1) is 11.3 Å². The van der Waals surface area contributed by atoms with Crippen LogP contribution in [0.5, 0.6) is 0 Å². The van der Waals surface area contributed by atoms with E-state index in [1.54, 1.807) is 0 Å². The minimum Gasteiger partial charge on any atom is -0.386 e. The third-order valence-electron chi connectivity index (χ3n) is 4.40. The van der Waals surface area contributed by atoms with E-state index in [4.69, 9.17) is 4.74 Å². The standard InChI is InChI=1S/C14H20INO2S/c1-9-14(17,5-6-18-9)8-16-11-3-2-4-12-10(11)7-13(15)19-12/h7,9,11,16-17H,2-6,8H2,1H3. The molecule has 106 valence electrons. The topological polar surface area (TPSA) is 41.5 Å². The predicted octanol–water partition coefficient (Wildman–Crippen LogP) is 2.86. The number of rotatable bonds is 3. The van der Waals surface area contributed by atoms with Crippen LogP contribution in [-0.2, 0) is 11.2 Å². The summed E-state index contributed by atoms with van der Waals surface area (Å²) in [5.41, 5.74) is 0.761. The van der Waals surface area contributed by atoms with Gasteiger partial charge in [0.1, 0.15) is 5.60 Å². The van der Waals surface area contributed by atoms with Crippen molar-refractivity contribution >= 4 is 33.9 Å². The van der Waals surface area contributed by atoms with Crippen molar-refractivity contribution in [1.82, 2.24) is 5.32 Å². The Kier molecular flexibility index (Phi) is 4.20. The Morgan fingerprint density at radius 2 is 2.47 bits per heavy atom. The Bertz CT molecular complexity index is 464. The Morgan fingerprint density at radius 1 is 1.63 bits per heavy atom. The average molecular weight is 393 g/mol. The molecular formula is C14H20INO2S. The average Bonchev–Trinajstić information content (AvgIpc) is 2.90. The highest BCUT2D eigenvalue weighted by atomic mass is 127. The van der Waals surface area contributed by atoms with Gasteiger partial charge in [-0.05, 0) is 60.4 Å². The Labute approximate surface area is 131 Å². The van der Waals surface area contributed by atoms with Gasteiger partial charge >= 0.3 is 0 Å². The first-order valence-electron chi connectivity index (χ1n) is 6.94. The molecule has 3 rings (SSSR count). The van der Waals surface area contributed by atoms with Crippen LogP contribution in [0.25, 0.3) is 0 Å². The van der Waals surface area contributed by atoms with Crippen molar-refractivity contribution in [2.24, 2.45) is 0 Å². The molecule has 1 aromatic heterocycles. The van der Waals surface area contributed by atoms with Gasteiger partial charge in [0.05, 0.1) is 8.99 Å². The van der Waals surface area contributed by atoms with Gasteiger partial charge in [0.2, 0.25) is 0 Å².